The third kappa shape index (κ3) is 61.0. The fraction of sp³-hybridized carbons (Fsp3) is 0.889. The third-order valence-electron chi connectivity index (χ3n) is 0.807. The van der Waals surface area contributed by atoms with Crippen molar-refractivity contribution in [1.82, 2.24) is 5.32 Å². The maximum atomic E-state index is 9.22. The second-order valence-electron chi connectivity index (χ2n) is 1.82. The van der Waals surface area contributed by atoms with Gasteiger partial charge in [-0.2, -0.15) is 0 Å². The third-order valence-corrected chi connectivity index (χ3v) is 0.807. The van der Waals surface area contributed by atoms with Crippen LogP contribution in [0.4, 0.5) is 0 Å². The summed E-state index contributed by atoms with van der Waals surface area (Å²) in [5, 5.41) is 2.59. The van der Waals surface area contributed by atoms with Gasteiger partial charge >= 0.3 is 51.4 Å². The Morgan fingerprint density at radius 2 is 1.85 bits per heavy atom. The van der Waals surface area contributed by atoms with Gasteiger partial charge in [0.05, 0.1) is 0 Å². The molecule has 4 heteroatoms. The fourth-order valence-electron chi connectivity index (χ4n) is 0.276. The van der Waals surface area contributed by atoms with E-state index in [0.29, 0.717) is 6.54 Å². The van der Waals surface area contributed by atoms with E-state index in [9.17, 15) is 4.79 Å². The molecular formula is C9H23KN2O. The van der Waals surface area contributed by atoms with E-state index >= 15 is 0 Å². The van der Waals surface area contributed by atoms with Crippen molar-refractivity contribution in [3.05, 3.63) is 0 Å². The second-order valence-corrected chi connectivity index (χ2v) is 1.82. The summed E-state index contributed by atoms with van der Waals surface area (Å²) in [5.74, 6) is 0. The Balaban J connectivity index is -0.0000000491. The van der Waals surface area contributed by atoms with Gasteiger partial charge in [0.1, 0.15) is 0 Å². The summed E-state index contributed by atoms with van der Waals surface area (Å²) in [6.45, 7) is 7.31. The molecule has 0 bridgehead atoms. The average molecular weight is 214 g/mol. The molecule has 0 amide bonds. The average Bonchev–Trinajstić information content (AvgIpc) is 2.12. The molecule has 0 aromatic heterocycles. The van der Waals surface area contributed by atoms with Gasteiger partial charge in [-0.05, 0) is 20.0 Å². The summed E-state index contributed by atoms with van der Waals surface area (Å²) in [4.78, 5) is 9.22. The molecule has 0 aliphatic carbocycles. The van der Waals surface area contributed by atoms with E-state index in [1.54, 1.807) is 13.3 Å². The van der Waals surface area contributed by atoms with Crippen LogP contribution < -0.4 is 62.4 Å². The normalized spacial score (nSPS) is 6.54. The van der Waals surface area contributed by atoms with Crippen LogP contribution in [0, 0.1) is 0 Å². The molecule has 0 aliphatic heterocycles. The summed E-state index contributed by atoms with van der Waals surface area (Å²) in [5.41, 5.74) is 5.14. The number of unbranched alkanes of at least 4 members (excludes halogenated alkanes) is 1. The van der Waals surface area contributed by atoms with Crippen molar-refractivity contribution in [2.75, 3.05) is 20.1 Å². The first-order chi connectivity index (χ1) is 5.83. The monoisotopic (exact) mass is 214 g/mol. The zero-order chi connectivity index (χ0) is 10.2. The summed E-state index contributed by atoms with van der Waals surface area (Å²) in [7, 11) is 1.70. The first kappa shape index (κ1) is 23.8. The number of carbonyl (C=O) groups excluding carboxylic acids is 1. The number of rotatable bonds is 4. The van der Waals surface area contributed by atoms with E-state index in [1.807, 2.05) is 13.8 Å². The van der Waals surface area contributed by atoms with Gasteiger partial charge < -0.3 is 15.8 Å². The van der Waals surface area contributed by atoms with Gasteiger partial charge in [0.2, 0.25) is 0 Å². The molecule has 13 heavy (non-hydrogen) atoms. The van der Waals surface area contributed by atoms with Gasteiger partial charge in [0.25, 0.3) is 0 Å². The summed E-state index contributed by atoms with van der Waals surface area (Å²) in [6, 6.07) is 0. The number of nitrogens with one attached hydrogen (secondary N) is 1. The van der Waals surface area contributed by atoms with Gasteiger partial charge in [-0.3, -0.25) is 6.29 Å². The van der Waals surface area contributed by atoms with Gasteiger partial charge in [-0.25, -0.2) is 0 Å². The molecule has 0 unspecified atom stereocenters. The van der Waals surface area contributed by atoms with Crippen LogP contribution in [0.2, 0.25) is 0 Å². The van der Waals surface area contributed by atoms with Gasteiger partial charge in [-0.15, -0.1) is 6.54 Å². The summed E-state index contributed by atoms with van der Waals surface area (Å²) in [6.07, 6.45) is 4.04. The largest absolute Gasteiger partial charge is 1.00 e. The van der Waals surface area contributed by atoms with E-state index in [0.717, 1.165) is 6.54 Å². The molecule has 0 saturated carbocycles. The van der Waals surface area contributed by atoms with Crippen LogP contribution in [0.15, 0.2) is 0 Å². The molecule has 0 aromatic carbocycles. The Labute approximate surface area is 126 Å². The Bertz CT molecular complexity index is 61.6. The predicted octanol–water partition coefficient (Wildman–Crippen LogP) is -1.91. The molecule has 3 nitrogen and oxygen atoms in total. The molecule has 0 fully saturated rings. The van der Waals surface area contributed by atoms with Gasteiger partial charge in [-0.1, -0.05) is 27.2 Å². The quantitative estimate of drug-likeness (QED) is 0.424. The topological polar surface area (TPSA) is 55.1 Å². The summed E-state index contributed by atoms with van der Waals surface area (Å²) >= 11 is 0. The van der Waals surface area contributed by atoms with Crippen LogP contribution in [0.3, 0.4) is 0 Å². The molecule has 0 spiro atoms. The number of nitrogens with two attached hydrogens (primary N) is 1. The maximum absolute atomic E-state index is 9.22. The van der Waals surface area contributed by atoms with Crippen molar-refractivity contribution >= 4 is 6.29 Å². The van der Waals surface area contributed by atoms with Crippen LogP contribution in [0.25, 0.3) is 0 Å². The fourth-order valence-corrected chi connectivity index (χ4v) is 0.276. The number of hydrogen-bond acceptors (Lipinski definition) is 3. The van der Waals surface area contributed by atoms with E-state index < -0.39 is 0 Å². The number of hydrogen-bond donors (Lipinski definition) is 2. The minimum Gasteiger partial charge on any atom is -0.541 e. The Morgan fingerprint density at radius 3 is 1.85 bits per heavy atom. The standard InChI is InChI=1S/C4H11N.C3H6NO.C2H6.K/c1-2-3-4-5;1-4-2-3-5;1-2;/h2-5H2,1H3;4H,2H2,1H3;1-2H3;/q;-1;;+1. The minimum absolute atomic E-state index is 0. The molecule has 0 saturated heterocycles. The van der Waals surface area contributed by atoms with Gasteiger partial charge in [0, 0.05) is 0 Å². The van der Waals surface area contributed by atoms with Crippen LogP contribution >= 0.6 is 0 Å². The first-order valence-electron chi connectivity index (χ1n) is 4.53. The zero-order valence-corrected chi connectivity index (χ0v) is 12.9. The molecule has 0 aromatic rings. The van der Waals surface area contributed by atoms with Crippen LogP contribution in [0.1, 0.15) is 33.6 Å². The Kier molecular flexibility index (Phi) is 69.3. The molecule has 0 aliphatic rings. The van der Waals surface area contributed by atoms with Crippen molar-refractivity contribution in [2.24, 2.45) is 5.73 Å². The maximum Gasteiger partial charge on any atom is 1.00 e. The zero-order valence-electron chi connectivity index (χ0n) is 9.81. The predicted molar refractivity (Wildman–Crippen MR) is 54.9 cm³/mol. The van der Waals surface area contributed by atoms with Crippen molar-refractivity contribution in [2.45, 2.75) is 33.6 Å². The van der Waals surface area contributed by atoms with E-state index in [1.165, 1.54) is 12.8 Å². The molecule has 3 N–H and O–H groups in total. The van der Waals surface area contributed by atoms with Crippen LogP contribution in [-0.2, 0) is 4.79 Å². The minimum atomic E-state index is 0. The summed E-state index contributed by atoms with van der Waals surface area (Å²) < 4.78 is 0. The molecule has 76 valence electrons. The smallest absolute Gasteiger partial charge is 0.541 e. The van der Waals surface area contributed by atoms with E-state index in [4.69, 9.17) is 5.73 Å². The Hall–Kier alpha value is 1.23. The van der Waals surface area contributed by atoms with Gasteiger partial charge in [0.15, 0.2) is 0 Å². The van der Waals surface area contributed by atoms with Crippen molar-refractivity contribution < 1.29 is 56.2 Å². The first-order valence-corrected chi connectivity index (χ1v) is 4.53. The van der Waals surface area contributed by atoms with E-state index in [2.05, 4.69) is 12.2 Å². The van der Waals surface area contributed by atoms with E-state index in [-0.39, 0.29) is 51.4 Å². The van der Waals surface area contributed by atoms with Crippen LogP contribution in [0.5, 0.6) is 0 Å². The molecular weight excluding hydrogens is 191 g/mol. The Morgan fingerprint density at radius 1 is 1.38 bits per heavy atom. The second kappa shape index (κ2) is 37.9. The molecule has 0 rings (SSSR count). The number of likely N-dealkylation sites (N-methyl/N-ethyl adjacent to an activating group) is 1. The molecule has 0 heterocycles. The molecule has 0 radical (unpaired) electrons. The van der Waals surface area contributed by atoms with Crippen molar-refractivity contribution in [1.29, 1.82) is 0 Å². The molecule has 0 atom stereocenters. The van der Waals surface area contributed by atoms with Crippen LogP contribution in [-0.4, -0.2) is 26.4 Å². The van der Waals surface area contributed by atoms with Crippen molar-refractivity contribution in [3.8, 4) is 0 Å². The SMILES string of the molecule is CC.CCCCN.CNC[C-]=O.[K+]. The van der Waals surface area contributed by atoms with Crippen molar-refractivity contribution in [3.63, 3.8) is 0 Å².